The number of nitrogens with zero attached hydrogens (tertiary/aromatic N) is 1. The Bertz CT molecular complexity index is 772. The Morgan fingerprint density at radius 2 is 2.19 bits per heavy atom. The number of methoxy groups -OCH3 is 1. The van der Waals surface area contributed by atoms with Crippen LogP contribution in [-0.4, -0.2) is 12.1 Å². The normalized spacial score (nSPS) is 12.5. The van der Waals surface area contributed by atoms with Crippen LogP contribution < -0.4 is 10.5 Å². The van der Waals surface area contributed by atoms with Crippen LogP contribution in [0.15, 0.2) is 41.9 Å². The van der Waals surface area contributed by atoms with Gasteiger partial charge in [0, 0.05) is 17.3 Å². The maximum Gasteiger partial charge on any atom is 0.122 e. The number of halogens is 1. The van der Waals surface area contributed by atoms with Crippen molar-refractivity contribution in [1.29, 1.82) is 0 Å². The van der Waals surface area contributed by atoms with Crippen molar-refractivity contribution in [2.45, 2.75) is 12.5 Å². The molecule has 0 saturated heterocycles. The van der Waals surface area contributed by atoms with E-state index in [1.165, 1.54) is 0 Å². The van der Waals surface area contributed by atoms with Crippen molar-refractivity contribution < 1.29 is 4.74 Å². The summed E-state index contributed by atoms with van der Waals surface area (Å²) in [5.74, 6) is 0.806. The monoisotopic (exact) mass is 318 g/mol. The highest BCUT2D eigenvalue weighted by atomic mass is 35.5. The standard InChI is InChI=1S/C16H15ClN2OS/c1-20-15-3-2-12(17)6-10(15)7-13(18)11-8-16-14(19-9-11)4-5-21-16/h2-6,8-9,13H,7,18H2,1H3. The molecule has 1 unspecified atom stereocenters. The van der Waals surface area contributed by atoms with E-state index in [0.29, 0.717) is 11.4 Å². The van der Waals surface area contributed by atoms with Crippen molar-refractivity contribution in [3.05, 3.63) is 58.1 Å². The number of aromatic nitrogens is 1. The average molecular weight is 319 g/mol. The molecule has 0 radical (unpaired) electrons. The lowest BCUT2D eigenvalue weighted by Crippen LogP contribution is -2.14. The van der Waals surface area contributed by atoms with Gasteiger partial charge in [-0.2, -0.15) is 0 Å². The van der Waals surface area contributed by atoms with Gasteiger partial charge >= 0.3 is 0 Å². The number of rotatable bonds is 4. The van der Waals surface area contributed by atoms with Gasteiger partial charge in [-0.3, -0.25) is 4.98 Å². The number of hydrogen-bond donors (Lipinski definition) is 1. The van der Waals surface area contributed by atoms with E-state index < -0.39 is 0 Å². The molecule has 0 bridgehead atoms. The first-order valence-corrected chi connectivity index (χ1v) is 7.84. The number of pyridine rings is 1. The smallest absolute Gasteiger partial charge is 0.122 e. The first-order valence-electron chi connectivity index (χ1n) is 6.58. The van der Waals surface area contributed by atoms with Crippen LogP contribution in [0.5, 0.6) is 5.75 Å². The molecule has 0 spiro atoms. The molecule has 21 heavy (non-hydrogen) atoms. The Labute approximate surface area is 132 Å². The second-order valence-corrected chi connectivity index (χ2v) is 6.22. The number of ether oxygens (including phenoxy) is 1. The van der Waals surface area contributed by atoms with Crippen LogP contribution in [0.3, 0.4) is 0 Å². The Kier molecular flexibility index (Phi) is 4.10. The van der Waals surface area contributed by atoms with Crippen LogP contribution in [0.25, 0.3) is 10.2 Å². The number of thiophene rings is 1. The molecule has 3 nitrogen and oxygen atoms in total. The predicted octanol–water partition coefficient (Wildman–Crippen LogP) is 4.20. The predicted molar refractivity (Wildman–Crippen MR) is 88.3 cm³/mol. The summed E-state index contributed by atoms with van der Waals surface area (Å²) >= 11 is 7.73. The molecule has 3 aromatic rings. The molecule has 2 aromatic heterocycles. The maximum absolute atomic E-state index is 6.33. The summed E-state index contributed by atoms with van der Waals surface area (Å²) in [7, 11) is 1.65. The zero-order chi connectivity index (χ0) is 14.8. The van der Waals surface area contributed by atoms with E-state index in [9.17, 15) is 0 Å². The van der Waals surface area contributed by atoms with Crippen LogP contribution in [0.4, 0.5) is 0 Å². The average Bonchev–Trinajstić information content (AvgIpc) is 2.94. The highest BCUT2D eigenvalue weighted by Crippen LogP contribution is 2.28. The van der Waals surface area contributed by atoms with E-state index in [4.69, 9.17) is 22.1 Å². The molecule has 108 valence electrons. The second kappa shape index (κ2) is 6.02. The number of hydrogen-bond acceptors (Lipinski definition) is 4. The Hall–Kier alpha value is -1.62. The zero-order valence-electron chi connectivity index (χ0n) is 11.5. The molecule has 3 rings (SSSR count). The number of fused-ring (bicyclic) bond motifs is 1. The van der Waals surface area contributed by atoms with Crippen LogP contribution in [0.2, 0.25) is 5.02 Å². The summed E-state index contributed by atoms with van der Waals surface area (Å²) in [6.07, 6.45) is 2.50. The van der Waals surface area contributed by atoms with E-state index in [1.54, 1.807) is 18.4 Å². The molecule has 1 aromatic carbocycles. The first kappa shape index (κ1) is 14.3. The summed E-state index contributed by atoms with van der Waals surface area (Å²) in [5, 5.41) is 2.72. The van der Waals surface area contributed by atoms with E-state index in [2.05, 4.69) is 11.1 Å². The molecule has 5 heteroatoms. The molecule has 0 amide bonds. The van der Waals surface area contributed by atoms with E-state index in [-0.39, 0.29) is 6.04 Å². The SMILES string of the molecule is COc1ccc(Cl)cc1CC(N)c1cnc2ccsc2c1. The van der Waals surface area contributed by atoms with Gasteiger partial charge in [-0.15, -0.1) is 11.3 Å². The van der Waals surface area contributed by atoms with Crippen molar-refractivity contribution in [2.24, 2.45) is 5.73 Å². The summed E-state index contributed by atoms with van der Waals surface area (Å²) in [5.41, 5.74) is 9.36. The third kappa shape index (κ3) is 3.02. The molecule has 2 N–H and O–H groups in total. The highest BCUT2D eigenvalue weighted by molar-refractivity contribution is 7.17. The fourth-order valence-corrected chi connectivity index (χ4v) is 3.31. The van der Waals surface area contributed by atoms with Crippen LogP contribution in [0.1, 0.15) is 17.2 Å². The first-order chi connectivity index (χ1) is 10.2. The van der Waals surface area contributed by atoms with E-state index >= 15 is 0 Å². The minimum Gasteiger partial charge on any atom is -0.496 e. The lowest BCUT2D eigenvalue weighted by atomic mass is 10.0. The van der Waals surface area contributed by atoms with Gasteiger partial charge in [-0.25, -0.2) is 0 Å². The number of benzene rings is 1. The fourth-order valence-electron chi connectivity index (χ4n) is 2.33. The quantitative estimate of drug-likeness (QED) is 0.784. The molecular weight excluding hydrogens is 304 g/mol. The molecule has 0 aliphatic rings. The van der Waals surface area contributed by atoms with Gasteiger partial charge in [0.05, 0.1) is 17.3 Å². The topological polar surface area (TPSA) is 48.1 Å². The highest BCUT2D eigenvalue weighted by Gasteiger charge is 2.13. The minimum absolute atomic E-state index is 0.142. The summed E-state index contributed by atoms with van der Waals surface area (Å²) < 4.78 is 6.52. The van der Waals surface area contributed by atoms with Crippen LogP contribution in [-0.2, 0) is 6.42 Å². The van der Waals surface area contributed by atoms with E-state index in [0.717, 1.165) is 27.1 Å². The molecular formula is C16H15ClN2OS. The Balaban J connectivity index is 1.88. The summed E-state index contributed by atoms with van der Waals surface area (Å²) in [6, 6.07) is 9.55. The molecule has 0 saturated carbocycles. The van der Waals surface area contributed by atoms with Crippen molar-refractivity contribution >= 4 is 33.2 Å². The molecule has 0 aliphatic heterocycles. The molecule has 2 heterocycles. The summed E-state index contributed by atoms with van der Waals surface area (Å²) in [6.45, 7) is 0. The largest absolute Gasteiger partial charge is 0.496 e. The van der Waals surface area contributed by atoms with Crippen LogP contribution in [0, 0.1) is 0 Å². The van der Waals surface area contributed by atoms with Gasteiger partial charge in [0.15, 0.2) is 0 Å². The third-order valence-corrected chi connectivity index (χ3v) is 4.52. The lowest BCUT2D eigenvalue weighted by molar-refractivity contribution is 0.408. The van der Waals surface area contributed by atoms with Crippen molar-refractivity contribution in [1.82, 2.24) is 4.98 Å². The second-order valence-electron chi connectivity index (χ2n) is 4.84. The van der Waals surface area contributed by atoms with E-state index in [1.807, 2.05) is 35.8 Å². The minimum atomic E-state index is -0.142. The van der Waals surface area contributed by atoms with Crippen LogP contribution >= 0.6 is 22.9 Å². The van der Waals surface area contributed by atoms with Gasteiger partial charge in [0.2, 0.25) is 0 Å². The molecule has 0 aliphatic carbocycles. The maximum atomic E-state index is 6.33. The van der Waals surface area contributed by atoms with Gasteiger partial charge in [0.1, 0.15) is 5.75 Å². The summed E-state index contributed by atoms with van der Waals surface area (Å²) in [4.78, 5) is 4.44. The third-order valence-electron chi connectivity index (χ3n) is 3.43. The van der Waals surface area contributed by atoms with Crippen molar-refractivity contribution in [3.8, 4) is 5.75 Å². The molecule has 1 atom stereocenters. The number of nitrogens with two attached hydrogens (primary N) is 1. The fraction of sp³-hybridized carbons (Fsp3) is 0.188. The Morgan fingerprint density at radius 1 is 1.33 bits per heavy atom. The lowest BCUT2D eigenvalue weighted by Gasteiger charge is -2.15. The Morgan fingerprint density at radius 3 is 3.00 bits per heavy atom. The van der Waals surface area contributed by atoms with Gasteiger partial charge in [0.25, 0.3) is 0 Å². The van der Waals surface area contributed by atoms with Gasteiger partial charge < -0.3 is 10.5 Å². The zero-order valence-corrected chi connectivity index (χ0v) is 13.1. The van der Waals surface area contributed by atoms with Crippen molar-refractivity contribution in [3.63, 3.8) is 0 Å². The van der Waals surface area contributed by atoms with Gasteiger partial charge in [-0.1, -0.05) is 11.6 Å². The van der Waals surface area contributed by atoms with Gasteiger partial charge in [-0.05, 0) is 53.3 Å². The van der Waals surface area contributed by atoms with Crippen molar-refractivity contribution in [2.75, 3.05) is 7.11 Å². The molecule has 0 fully saturated rings.